The number of hydrogen-bond acceptors (Lipinski definition) is 2. The summed E-state index contributed by atoms with van der Waals surface area (Å²) in [4.78, 5) is 24.1. The number of fused-ring (bicyclic) bond motifs is 5. The van der Waals surface area contributed by atoms with E-state index in [1.807, 2.05) is 6.08 Å². The molecule has 0 bridgehead atoms. The minimum Gasteiger partial charge on any atom is -0.299 e. The second kappa shape index (κ2) is 4.18. The van der Waals surface area contributed by atoms with Gasteiger partial charge in [0.1, 0.15) is 5.78 Å². The van der Waals surface area contributed by atoms with Gasteiger partial charge in [0.15, 0.2) is 5.78 Å². The number of hydrogen-bond donors (Lipinski definition) is 0. The molecule has 2 saturated carbocycles. The van der Waals surface area contributed by atoms with Gasteiger partial charge in [-0.25, -0.2) is 0 Å². The van der Waals surface area contributed by atoms with E-state index in [0.29, 0.717) is 35.7 Å². The zero-order chi connectivity index (χ0) is 14.8. The maximum Gasteiger partial charge on any atom is 0.155 e. The molecular formula is C19H24O2. The Bertz CT molecular complexity index is 584. The fraction of sp³-hybridized carbons (Fsp3) is 0.684. The number of carbonyl (C=O) groups is 2. The highest BCUT2D eigenvalue weighted by molar-refractivity contribution is 5.92. The van der Waals surface area contributed by atoms with Crippen molar-refractivity contribution in [3.05, 3.63) is 23.8 Å². The van der Waals surface area contributed by atoms with Crippen LogP contribution in [0.1, 0.15) is 52.4 Å². The van der Waals surface area contributed by atoms with Gasteiger partial charge in [0.05, 0.1) is 0 Å². The van der Waals surface area contributed by atoms with Crippen molar-refractivity contribution >= 4 is 11.6 Å². The molecule has 0 spiro atoms. The average Bonchev–Trinajstić information content (AvgIpc) is 2.76. The van der Waals surface area contributed by atoms with Crippen LogP contribution in [0.3, 0.4) is 0 Å². The molecule has 21 heavy (non-hydrogen) atoms. The van der Waals surface area contributed by atoms with Crippen LogP contribution >= 0.6 is 0 Å². The van der Waals surface area contributed by atoms with Crippen LogP contribution in [-0.4, -0.2) is 11.6 Å². The van der Waals surface area contributed by atoms with Gasteiger partial charge >= 0.3 is 0 Å². The molecule has 4 aliphatic carbocycles. The van der Waals surface area contributed by atoms with Crippen LogP contribution in [0.2, 0.25) is 0 Å². The number of ketones is 2. The average molecular weight is 284 g/mol. The van der Waals surface area contributed by atoms with E-state index in [-0.39, 0.29) is 10.8 Å². The van der Waals surface area contributed by atoms with E-state index >= 15 is 0 Å². The van der Waals surface area contributed by atoms with E-state index in [2.05, 4.69) is 26.0 Å². The highest BCUT2D eigenvalue weighted by atomic mass is 16.1. The second-order valence-corrected chi connectivity index (χ2v) is 7.99. The predicted octanol–water partition coefficient (Wildman–Crippen LogP) is 3.86. The third-order valence-corrected chi connectivity index (χ3v) is 7.12. The van der Waals surface area contributed by atoms with Crippen molar-refractivity contribution < 1.29 is 9.59 Å². The minimum absolute atomic E-state index is 0.153. The number of allylic oxidation sites excluding steroid dienone is 4. The molecule has 0 radical (unpaired) electrons. The summed E-state index contributed by atoms with van der Waals surface area (Å²) in [5.41, 5.74) is 1.32. The molecule has 0 aliphatic heterocycles. The highest BCUT2D eigenvalue weighted by Gasteiger charge is 2.56. The van der Waals surface area contributed by atoms with Gasteiger partial charge in [-0.2, -0.15) is 0 Å². The van der Waals surface area contributed by atoms with Crippen LogP contribution < -0.4 is 0 Å². The standard InChI is InChI=1S/C19H24O2/c1-18-9-7-13(20)11-12(18)3-4-14-15-5-6-17(21)19(15,2)10-8-16(14)18/h8,10-11,14-16H,3-7,9H2,1-2H3/t14-,15-,16-,18-,19-/m0/s1. The van der Waals surface area contributed by atoms with Gasteiger partial charge in [0.2, 0.25) is 0 Å². The van der Waals surface area contributed by atoms with Crippen LogP contribution in [0, 0.1) is 28.6 Å². The van der Waals surface area contributed by atoms with Gasteiger partial charge in [-0.05, 0) is 61.9 Å². The largest absolute Gasteiger partial charge is 0.299 e. The number of rotatable bonds is 0. The van der Waals surface area contributed by atoms with Crippen LogP contribution in [-0.2, 0) is 9.59 Å². The SMILES string of the molecule is C[C@]12CCC(=O)C=C1CC[C@@H]1[C@@H]2C=C[C@]2(C)C(=O)CC[C@@H]12. The Balaban J connectivity index is 1.77. The molecule has 4 rings (SSSR count). The zero-order valence-electron chi connectivity index (χ0n) is 13.0. The summed E-state index contributed by atoms with van der Waals surface area (Å²) < 4.78 is 0. The van der Waals surface area contributed by atoms with E-state index in [0.717, 1.165) is 32.1 Å². The molecule has 0 saturated heterocycles. The maximum absolute atomic E-state index is 12.3. The lowest BCUT2D eigenvalue weighted by Crippen LogP contribution is -2.48. The zero-order valence-corrected chi connectivity index (χ0v) is 13.0. The monoisotopic (exact) mass is 284 g/mol. The summed E-state index contributed by atoms with van der Waals surface area (Å²) in [6.45, 7) is 4.50. The Morgan fingerprint density at radius 1 is 1.10 bits per heavy atom. The van der Waals surface area contributed by atoms with Crippen molar-refractivity contribution in [1.29, 1.82) is 0 Å². The van der Waals surface area contributed by atoms with Crippen molar-refractivity contribution in [3.63, 3.8) is 0 Å². The Hall–Kier alpha value is -1.18. The predicted molar refractivity (Wildman–Crippen MR) is 81.6 cm³/mol. The van der Waals surface area contributed by atoms with Gasteiger partial charge < -0.3 is 0 Å². The van der Waals surface area contributed by atoms with Crippen molar-refractivity contribution in [1.82, 2.24) is 0 Å². The second-order valence-electron chi connectivity index (χ2n) is 7.99. The molecule has 112 valence electrons. The summed E-state index contributed by atoms with van der Waals surface area (Å²) in [5.74, 6) is 2.42. The molecule has 2 fully saturated rings. The Labute approximate surface area is 126 Å². The number of carbonyl (C=O) groups excluding carboxylic acids is 2. The normalized spacial score (nSPS) is 48.5. The van der Waals surface area contributed by atoms with E-state index < -0.39 is 0 Å². The molecule has 0 amide bonds. The number of Topliss-reactive ketones (excluding diaryl/α,β-unsaturated/α-hetero) is 1. The van der Waals surface area contributed by atoms with Gasteiger partial charge in [-0.1, -0.05) is 24.6 Å². The van der Waals surface area contributed by atoms with E-state index in [9.17, 15) is 9.59 Å². The van der Waals surface area contributed by atoms with Crippen molar-refractivity contribution in [2.24, 2.45) is 28.6 Å². The molecule has 4 aliphatic rings. The molecule has 5 atom stereocenters. The first-order valence-corrected chi connectivity index (χ1v) is 8.42. The molecule has 0 unspecified atom stereocenters. The molecule has 2 heteroatoms. The Kier molecular flexibility index (Phi) is 2.68. The third-order valence-electron chi connectivity index (χ3n) is 7.12. The lowest BCUT2D eigenvalue weighted by molar-refractivity contribution is -0.125. The lowest BCUT2D eigenvalue weighted by Gasteiger charge is -2.54. The first kappa shape index (κ1) is 13.5. The van der Waals surface area contributed by atoms with Gasteiger partial charge in [-0.3, -0.25) is 9.59 Å². The van der Waals surface area contributed by atoms with Crippen molar-refractivity contribution in [2.75, 3.05) is 0 Å². The highest BCUT2D eigenvalue weighted by Crippen LogP contribution is 2.61. The van der Waals surface area contributed by atoms with Gasteiger partial charge in [0.25, 0.3) is 0 Å². The molecule has 0 N–H and O–H groups in total. The molecule has 0 heterocycles. The van der Waals surface area contributed by atoms with E-state index in [4.69, 9.17) is 0 Å². The first-order chi connectivity index (χ1) is 9.95. The minimum atomic E-state index is -0.205. The Morgan fingerprint density at radius 3 is 2.71 bits per heavy atom. The molecule has 0 aromatic carbocycles. The topological polar surface area (TPSA) is 34.1 Å². The summed E-state index contributed by atoms with van der Waals surface area (Å²) in [6, 6.07) is 0. The smallest absolute Gasteiger partial charge is 0.155 e. The lowest BCUT2D eigenvalue weighted by atomic mass is 9.50. The fourth-order valence-corrected chi connectivity index (χ4v) is 5.74. The Morgan fingerprint density at radius 2 is 1.90 bits per heavy atom. The third kappa shape index (κ3) is 1.65. The molecule has 0 aromatic heterocycles. The summed E-state index contributed by atoms with van der Waals surface area (Å²) in [7, 11) is 0. The fourth-order valence-electron chi connectivity index (χ4n) is 5.74. The van der Waals surface area contributed by atoms with Crippen LogP contribution in [0.25, 0.3) is 0 Å². The molecule has 2 nitrogen and oxygen atoms in total. The summed E-state index contributed by atoms with van der Waals surface area (Å²) >= 11 is 0. The maximum atomic E-state index is 12.3. The van der Waals surface area contributed by atoms with Crippen LogP contribution in [0.5, 0.6) is 0 Å². The van der Waals surface area contributed by atoms with Gasteiger partial charge in [-0.15, -0.1) is 0 Å². The van der Waals surface area contributed by atoms with E-state index in [1.54, 1.807) is 0 Å². The molecular weight excluding hydrogens is 260 g/mol. The van der Waals surface area contributed by atoms with Crippen molar-refractivity contribution in [3.8, 4) is 0 Å². The first-order valence-electron chi connectivity index (χ1n) is 8.42. The van der Waals surface area contributed by atoms with Crippen molar-refractivity contribution in [2.45, 2.75) is 52.4 Å². The van der Waals surface area contributed by atoms with Gasteiger partial charge in [0, 0.05) is 18.3 Å². The van der Waals surface area contributed by atoms with Crippen LogP contribution in [0.4, 0.5) is 0 Å². The summed E-state index contributed by atoms with van der Waals surface area (Å²) in [5, 5.41) is 0. The quantitative estimate of drug-likeness (QED) is 0.633. The molecule has 0 aromatic rings. The van der Waals surface area contributed by atoms with Crippen LogP contribution in [0.15, 0.2) is 23.8 Å². The van der Waals surface area contributed by atoms with E-state index in [1.165, 1.54) is 5.57 Å². The summed E-state index contributed by atoms with van der Waals surface area (Å²) in [6.07, 6.45) is 12.2.